The quantitative estimate of drug-likeness (QED) is 0.818. The van der Waals surface area contributed by atoms with Gasteiger partial charge in [0.1, 0.15) is 6.04 Å². The van der Waals surface area contributed by atoms with Crippen LogP contribution in [0.15, 0.2) is 41.9 Å². The minimum absolute atomic E-state index is 0.242. The van der Waals surface area contributed by atoms with E-state index in [1.807, 2.05) is 35.7 Å². The number of carboxylic acid groups (broad SMARTS) is 1. The molecule has 0 aliphatic rings. The number of rotatable bonds is 7. The zero-order valence-corrected chi connectivity index (χ0v) is 12.2. The zero-order valence-electron chi connectivity index (χ0n) is 11.4. The molecule has 1 aromatic heterocycles. The summed E-state index contributed by atoms with van der Waals surface area (Å²) in [6.45, 7) is 0. The van der Waals surface area contributed by atoms with Crippen LogP contribution >= 0.6 is 11.3 Å². The first-order valence-corrected chi connectivity index (χ1v) is 7.47. The lowest BCUT2D eigenvalue weighted by atomic mass is 10.1. The van der Waals surface area contributed by atoms with Crippen molar-refractivity contribution in [1.29, 1.82) is 0 Å². The van der Waals surface area contributed by atoms with Crippen LogP contribution in [-0.4, -0.2) is 28.0 Å². The molecule has 110 valence electrons. The molecule has 6 heteroatoms. The first-order chi connectivity index (χ1) is 10.1. The summed E-state index contributed by atoms with van der Waals surface area (Å²) in [5.41, 5.74) is 0.880. The highest BCUT2D eigenvalue weighted by atomic mass is 32.1. The van der Waals surface area contributed by atoms with Gasteiger partial charge in [0.2, 0.25) is 5.91 Å². The van der Waals surface area contributed by atoms with E-state index in [2.05, 4.69) is 10.3 Å². The summed E-state index contributed by atoms with van der Waals surface area (Å²) in [5, 5.41) is 14.5. The molecule has 0 unspecified atom stereocenters. The van der Waals surface area contributed by atoms with Gasteiger partial charge in [0.15, 0.2) is 0 Å². The average molecular weight is 304 g/mol. The van der Waals surface area contributed by atoms with Gasteiger partial charge in [0.25, 0.3) is 0 Å². The number of hydrogen-bond donors (Lipinski definition) is 2. The van der Waals surface area contributed by atoms with Crippen LogP contribution in [0.4, 0.5) is 0 Å². The summed E-state index contributed by atoms with van der Waals surface area (Å²) in [6.07, 6.45) is 2.74. The number of carboxylic acids is 1. The number of amides is 1. The number of aliphatic carboxylic acids is 1. The number of carbonyl (C=O) groups excluding carboxylic acids is 1. The lowest BCUT2D eigenvalue weighted by Gasteiger charge is -2.14. The molecule has 21 heavy (non-hydrogen) atoms. The van der Waals surface area contributed by atoms with Gasteiger partial charge in [-0.25, -0.2) is 9.78 Å². The molecular formula is C15H16N2O3S. The Morgan fingerprint density at radius 2 is 2.05 bits per heavy atom. The maximum Gasteiger partial charge on any atom is 0.326 e. The van der Waals surface area contributed by atoms with E-state index in [1.165, 1.54) is 11.3 Å². The first-order valence-electron chi connectivity index (χ1n) is 6.59. The van der Waals surface area contributed by atoms with E-state index in [0.717, 1.165) is 10.6 Å². The van der Waals surface area contributed by atoms with Crippen molar-refractivity contribution >= 4 is 23.2 Å². The van der Waals surface area contributed by atoms with Crippen LogP contribution in [0.2, 0.25) is 0 Å². The molecule has 0 aliphatic carbocycles. The Bertz CT molecular complexity index is 584. The molecule has 0 spiro atoms. The Morgan fingerprint density at radius 3 is 2.67 bits per heavy atom. The van der Waals surface area contributed by atoms with Crippen LogP contribution < -0.4 is 5.32 Å². The van der Waals surface area contributed by atoms with Crippen molar-refractivity contribution in [1.82, 2.24) is 10.3 Å². The molecule has 0 saturated carbocycles. The van der Waals surface area contributed by atoms with Crippen LogP contribution in [0, 0.1) is 0 Å². The van der Waals surface area contributed by atoms with Gasteiger partial charge in [0.05, 0.1) is 5.01 Å². The number of nitrogens with one attached hydrogen (secondary N) is 1. The van der Waals surface area contributed by atoms with Gasteiger partial charge >= 0.3 is 5.97 Å². The molecule has 2 aromatic rings. The molecule has 1 amide bonds. The van der Waals surface area contributed by atoms with Crippen molar-refractivity contribution in [2.75, 3.05) is 0 Å². The van der Waals surface area contributed by atoms with Gasteiger partial charge in [-0.15, -0.1) is 11.3 Å². The number of nitrogens with zero attached hydrogens (tertiary/aromatic N) is 1. The van der Waals surface area contributed by atoms with Crippen molar-refractivity contribution in [3.05, 3.63) is 52.5 Å². The van der Waals surface area contributed by atoms with Crippen molar-refractivity contribution < 1.29 is 14.7 Å². The topological polar surface area (TPSA) is 79.3 Å². The fourth-order valence-corrected chi connectivity index (χ4v) is 2.53. The lowest BCUT2D eigenvalue weighted by Crippen LogP contribution is -2.42. The van der Waals surface area contributed by atoms with Crippen LogP contribution in [0.1, 0.15) is 17.0 Å². The fourth-order valence-electron chi connectivity index (χ4n) is 1.91. The second kappa shape index (κ2) is 7.54. The summed E-state index contributed by atoms with van der Waals surface area (Å²) in [7, 11) is 0. The minimum Gasteiger partial charge on any atom is -0.480 e. The van der Waals surface area contributed by atoms with Gasteiger partial charge in [-0.05, 0) is 5.56 Å². The van der Waals surface area contributed by atoms with Crippen LogP contribution in [0.5, 0.6) is 0 Å². The van der Waals surface area contributed by atoms with E-state index in [-0.39, 0.29) is 18.7 Å². The molecular weight excluding hydrogens is 288 g/mol. The van der Waals surface area contributed by atoms with Crippen molar-refractivity contribution in [3.63, 3.8) is 0 Å². The summed E-state index contributed by atoms with van der Waals surface area (Å²) >= 11 is 1.49. The van der Waals surface area contributed by atoms with Gasteiger partial charge in [-0.2, -0.15) is 0 Å². The zero-order chi connectivity index (χ0) is 15.1. The van der Waals surface area contributed by atoms with Crippen molar-refractivity contribution in [2.45, 2.75) is 25.3 Å². The van der Waals surface area contributed by atoms with Crippen molar-refractivity contribution in [3.8, 4) is 0 Å². The smallest absolute Gasteiger partial charge is 0.326 e. The third-order valence-electron chi connectivity index (χ3n) is 2.97. The van der Waals surface area contributed by atoms with E-state index in [0.29, 0.717) is 6.42 Å². The molecule has 0 fully saturated rings. The maximum absolute atomic E-state index is 11.8. The lowest BCUT2D eigenvalue weighted by molar-refractivity contribution is -0.141. The third-order valence-corrected chi connectivity index (χ3v) is 3.80. The average Bonchev–Trinajstić information content (AvgIpc) is 2.99. The number of aromatic nitrogens is 1. The van der Waals surface area contributed by atoms with E-state index < -0.39 is 12.0 Å². The molecule has 0 bridgehead atoms. The summed E-state index contributed by atoms with van der Waals surface area (Å²) in [5.74, 6) is -1.30. The number of thiazole rings is 1. The Hall–Kier alpha value is -2.21. The van der Waals surface area contributed by atoms with Crippen LogP contribution in [0.3, 0.4) is 0 Å². The number of hydrogen-bond acceptors (Lipinski definition) is 4. The van der Waals surface area contributed by atoms with E-state index in [1.54, 1.807) is 6.20 Å². The summed E-state index contributed by atoms with van der Waals surface area (Å²) in [4.78, 5) is 27.2. The highest BCUT2D eigenvalue weighted by Crippen LogP contribution is 2.08. The predicted octanol–water partition coefficient (Wildman–Crippen LogP) is 1.89. The SMILES string of the molecule is O=C(CCc1nccs1)N[C@H](Cc1ccccc1)C(=O)O. The Balaban J connectivity index is 1.87. The highest BCUT2D eigenvalue weighted by Gasteiger charge is 2.20. The van der Waals surface area contributed by atoms with Gasteiger partial charge in [-0.3, -0.25) is 4.79 Å². The Morgan fingerprint density at radius 1 is 1.29 bits per heavy atom. The van der Waals surface area contributed by atoms with E-state index in [4.69, 9.17) is 0 Å². The molecule has 0 radical (unpaired) electrons. The minimum atomic E-state index is -1.03. The molecule has 1 atom stereocenters. The molecule has 0 aliphatic heterocycles. The molecule has 5 nitrogen and oxygen atoms in total. The van der Waals surface area contributed by atoms with Crippen LogP contribution in [-0.2, 0) is 22.4 Å². The second-order valence-electron chi connectivity index (χ2n) is 4.57. The predicted molar refractivity (Wildman–Crippen MR) is 80.1 cm³/mol. The van der Waals surface area contributed by atoms with Crippen LogP contribution in [0.25, 0.3) is 0 Å². The Labute approximate surface area is 126 Å². The number of carbonyl (C=O) groups is 2. The van der Waals surface area contributed by atoms with E-state index >= 15 is 0 Å². The van der Waals surface area contributed by atoms with Gasteiger partial charge < -0.3 is 10.4 Å². The molecule has 1 aromatic carbocycles. The second-order valence-corrected chi connectivity index (χ2v) is 5.55. The largest absolute Gasteiger partial charge is 0.480 e. The number of aryl methyl sites for hydroxylation is 1. The molecule has 2 N–H and O–H groups in total. The molecule has 1 heterocycles. The molecule has 0 saturated heterocycles. The third kappa shape index (κ3) is 5.00. The Kier molecular flexibility index (Phi) is 5.45. The number of benzene rings is 1. The first kappa shape index (κ1) is 15.2. The standard InChI is InChI=1S/C15H16N2O3S/c18-13(6-7-14-16-8-9-21-14)17-12(15(19)20)10-11-4-2-1-3-5-11/h1-5,8-9,12H,6-7,10H2,(H,17,18)(H,19,20)/t12-/m1/s1. The van der Waals surface area contributed by atoms with Crippen molar-refractivity contribution in [2.24, 2.45) is 0 Å². The van der Waals surface area contributed by atoms with Gasteiger partial charge in [-0.1, -0.05) is 30.3 Å². The summed E-state index contributed by atoms with van der Waals surface area (Å²) in [6, 6.07) is 8.34. The molecule has 2 rings (SSSR count). The monoisotopic (exact) mass is 304 g/mol. The summed E-state index contributed by atoms with van der Waals surface area (Å²) < 4.78 is 0. The normalized spacial score (nSPS) is 11.8. The van der Waals surface area contributed by atoms with Gasteiger partial charge in [0, 0.05) is 30.8 Å². The fraction of sp³-hybridized carbons (Fsp3) is 0.267. The highest BCUT2D eigenvalue weighted by molar-refractivity contribution is 7.09. The van der Waals surface area contributed by atoms with E-state index in [9.17, 15) is 14.7 Å². The maximum atomic E-state index is 11.8.